The smallest absolute Gasteiger partial charge is 0.341 e. The van der Waals surface area contributed by atoms with Gasteiger partial charge in [0.25, 0.3) is 0 Å². The van der Waals surface area contributed by atoms with Gasteiger partial charge in [0, 0.05) is 18.0 Å². The molecular weight excluding hydrogens is 356 g/mol. The Hall–Kier alpha value is -3.19. The highest BCUT2D eigenvalue weighted by atomic mass is 16.5. The van der Waals surface area contributed by atoms with Gasteiger partial charge in [0.1, 0.15) is 5.56 Å². The summed E-state index contributed by atoms with van der Waals surface area (Å²) in [5, 5.41) is 17.0. The number of hydrogen-bond donors (Lipinski definition) is 1. The second-order valence-electron chi connectivity index (χ2n) is 5.87. The molecule has 4 aromatic heterocycles. The Kier molecular flexibility index (Phi) is 8.17. The van der Waals surface area contributed by atoms with Crippen molar-refractivity contribution in [2.24, 2.45) is 0 Å². The van der Waals surface area contributed by atoms with E-state index in [0.717, 1.165) is 16.6 Å². The average Bonchev–Trinajstić information content (AvgIpc) is 3.33. The van der Waals surface area contributed by atoms with Crippen LogP contribution in [0.4, 0.5) is 0 Å². The first kappa shape index (κ1) is 21.1. The second-order valence-corrected chi connectivity index (χ2v) is 5.87. The molecule has 0 bridgehead atoms. The quantitative estimate of drug-likeness (QED) is 0.546. The molecule has 1 N–H and O–H groups in total. The lowest BCUT2D eigenvalue weighted by Gasteiger charge is -1.98. The van der Waals surface area contributed by atoms with E-state index in [2.05, 4.69) is 24.0 Å². The van der Waals surface area contributed by atoms with Gasteiger partial charge in [0.15, 0.2) is 0 Å². The van der Waals surface area contributed by atoms with Gasteiger partial charge < -0.3 is 9.84 Å². The number of rotatable bonds is 3. The summed E-state index contributed by atoms with van der Waals surface area (Å²) in [5.74, 6) is -0.325. The summed E-state index contributed by atoms with van der Waals surface area (Å²) in [5.41, 5.74) is 3.11. The maximum atomic E-state index is 11.4. The third kappa shape index (κ3) is 5.17. The molecule has 0 atom stereocenters. The molecule has 28 heavy (non-hydrogen) atoms. The van der Waals surface area contributed by atoms with E-state index in [4.69, 9.17) is 9.84 Å². The van der Waals surface area contributed by atoms with Crippen LogP contribution in [0.5, 0.6) is 0 Å². The molecule has 0 fully saturated rings. The molecule has 0 saturated heterocycles. The molecule has 0 unspecified atom stereocenters. The molecule has 0 aliphatic rings. The molecule has 7 nitrogen and oxygen atoms in total. The van der Waals surface area contributed by atoms with Gasteiger partial charge in [-0.05, 0) is 31.2 Å². The number of aliphatic hydroxyl groups is 1. The zero-order valence-electron chi connectivity index (χ0n) is 16.4. The van der Waals surface area contributed by atoms with E-state index in [9.17, 15) is 4.79 Å². The fourth-order valence-electron chi connectivity index (χ4n) is 2.41. The van der Waals surface area contributed by atoms with Crippen molar-refractivity contribution >= 4 is 17.0 Å². The van der Waals surface area contributed by atoms with Crippen LogP contribution in [0.2, 0.25) is 0 Å². The van der Waals surface area contributed by atoms with Gasteiger partial charge in [-0.25, -0.2) is 13.8 Å². The summed E-state index contributed by atoms with van der Waals surface area (Å²) in [6.07, 6.45) is 8.09. The van der Waals surface area contributed by atoms with E-state index in [1.807, 2.05) is 42.6 Å². The SMILES string of the molecule is CCC.CCOC(=O)c1cnn2ccccc12.OCc1cnn2ccccc12. The summed E-state index contributed by atoms with van der Waals surface area (Å²) >= 11 is 0. The largest absolute Gasteiger partial charge is 0.462 e. The Bertz CT molecular complexity index is 1010. The molecule has 0 saturated carbocycles. The van der Waals surface area contributed by atoms with Crippen LogP contribution in [-0.4, -0.2) is 36.9 Å². The minimum Gasteiger partial charge on any atom is -0.462 e. The van der Waals surface area contributed by atoms with Gasteiger partial charge >= 0.3 is 5.97 Å². The van der Waals surface area contributed by atoms with Crippen LogP contribution < -0.4 is 0 Å². The Morgan fingerprint density at radius 2 is 1.54 bits per heavy atom. The zero-order valence-corrected chi connectivity index (χ0v) is 16.4. The molecule has 4 aromatic rings. The van der Waals surface area contributed by atoms with E-state index in [-0.39, 0.29) is 12.6 Å². The number of esters is 1. The Morgan fingerprint density at radius 1 is 0.964 bits per heavy atom. The topological polar surface area (TPSA) is 81.1 Å². The fraction of sp³-hybridized carbons (Fsp3) is 0.286. The second kappa shape index (κ2) is 10.8. The van der Waals surface area contributed by atoms with E-state index < -0.39 is 0 Å². The van der Waals surface area contributed by atoms with E-state index in [1.165, 1.54) is 12.6 Å². The monoisotopic (exact) mass is 382 g/mol. The summed E-state index contributed by atoms with van der Waals surface area (Å²) in [6, 6.07) is 11.3. The van der Waals surface area contributed by atoms with Crippen LogP contribution in [0.15, 0.2) is 61.2 Å². The van der Waals surface area contributed by atoms with Crippen LogP contribution >= 0.6 is 0 Å². The molecule has 4 rings (SSSR count). The summed E-state index contributed by atoms with van der Waals surface area (Å²) in [7, 11) is 0. The van der Waals surface area contributed by atoms with Gasteiger partial charge in [0.2, 0.25) is 0 Å². The Morgan fingerprint density at radius 3 is 2.14 bits per heavy atom. The van der Waals surface area contributed by atoms with Crippen molar-refractivity contribution in [3.05, 3.63) is 72.3 Å². The first-order valence-electron chi connectivity index (χ1n) is 9.27. The zero-order chi connectivity index (χ0) is 20.4. The number of ether oxygens (including phenoxy) is 1. The number of nitrogens with zero attached hydrogens (tertiary/aromatic N) is 4. The van der Waals surface area contributed by atoms with Crippen LogP contribution in [0.25, 0.3) is 11.0 Å². The highest BCUT2D eigenvalue weighted by Crippen LogP contribution is 2.11. The fourth-order valence-corrected chi connectivity index (χ4v) is 2.41. The molecular formula is C21H26N4O3. The Balaban J connectivity index is 0.000000180. The van der Waals surface area contributed by atoms with Crippen LogP contribution in [-0.2, 0) is 11.3 Å². The molecule has 0 aliphatic heterocycles. The van der Waals surface area contributed by atoms with Crippen LogP contribution in [0.3, 0.4) is 0 Å². The van der Waals surface area contributed by atoms with E-state index >= 15 is 0 Å². The maximum absolute atomic E-state index is 11.4. The number of hydrogen-bond acceptors (Lipinski definition) is 5. The highest BCUT2D eigenvalue weighted by molar-refractivity contribution is 5.96. The predicted molar refractivity (Wildman–Crippen MR) is 108 cm³/mol. The number of aromatic nitrogens is 4. The van der Waals surface area contributed by atoms with Gasteiger partial charge in [-0.2, -0.15) is 10.2 Å². The molecule has 148 valence electrons. The van der Waals surface area contributed by atoms with Gasteiger partial charge in [-0.1, -0.05) is 32.4 Å². The van der Waals surface area contributed by atoms with Gasteiger partial charge in [-0.15, -0.1) is 0 Å². The van der Waals surface area contributed by atoms with Crippen molar-refractivity contribution in [2.75, 3.05) is 6.61 Å². The molecule has 0 radical (unpaired) electrons. The molecule has 0 amide bonds. The van der Waals surface area contributed by atoms with Crippen molar-refractivity contribution in [1.82, 2.24) is 19.2 Å². The van der Waals surface area contributed by atoms with Crippen molar-refractivity contribution in [3.63, 3.8) is 0 Å². The standard InChI is InChI=1S/C10H10N2O2.C8H8N2O.C3H8/c1-2-14-10(13)8-7-11-12-6-4-3-5-9(8)12;11-6-7-5-9-10-4-2-1-3-8(7)10;1-3-2/h3-7H,2H2,1H3;1-5,11H,6H2;3H2,1-2H3. The number of pyridine rings is 2. The van der Waals surface area contributed by atoms with Crippen molar-refractivity contribution in [3.8, 4) is 0 Å². The van der Waals surface area contributed by atoms with Crippen LogP contribution in [0, 0.1) is 0 Å². The summed E-state index contributed by atoms with van der Waals surface area (Å²) in [4.78, 5) is 11.4. The van der Waals surface area contributed by atoms with E-state index in [0.29, 0.717) is 12.2 Å². The Labute approximate surface area is 164 Å². The van der Waals surface area contributed by atoms with E-state index in [1.54, 1.807) is 28.3 Å². The lowest BCUT2D eigenvalue weighted by molar-refractivity contribution is 0.0528. The molecule has 0 aliphatic carbocycles. The van der Waals surface area contributed by atoms with Gasteiger partial charge in [-0.3, -0.25) is 0 Å². The van der Waals surface area contributed by atoms with Crippen LogP contribution in [0.1, 0.15) is 43.1 Å². The molecule has 0 aromatic carbocycles. The van der Waals surface area contributed by atoms with Crippen molar-refractivity contribution in [2.45, 2.75) is 33.8 Å². The lowest BCUT2D eigenvalue weighted by Crippen LogP contribution is -2.03. The predicted octanol–water partition coefficient (Wildman–Crippen LogP) is 3.75. The third-order valence-electron chi connectivity index (χ3n) is 3.60. The number of aliphatic hydroxyl groups excluding tert-OH is 1. The lowest BCUT2D eigenvalue weighted by atomic mass is 10.3. The minimum absolute atomic E-state index is 0.0491. The van der Waals surface area contributed by atoms with Gasteiger partial charge in [0.05, 0.1) is 36.6 Å². The van der Waals surface area contributed by atoms with Crippen molar-refractivity contribution in [1.29, 1.82) is 0 Å². The number of fused-ring (bicyclic) bond motifs is 2. The first-order chi connectivity index (χ1) is 13.7. The molecule has 0 spiro atoms. The number of carbonyl (C=O) groups is 1. The average molecular weight is 382 g/mol. The third-order valence-corrected chi connectivity index (χ3v) is 3.60. The summed E-state index contributed by atoms with van der Waals surface area (Å²) in [6.45, 7) is 6.46. The highest BCUT2D eigenvalue weighted by Gasteiger charge is 2.12. The molecule has 4 heterocycles. The maximum Gasteiger partial charge on any atom is 0.341 e. The first-order valence-corrected chi connectivity index (χ1v) is 9.27. The molecule has 7 heteroatoms. The van der Waals surface area contributed by atoms with Crippen molar-refractivity contribution < 1.29 is 14.6 Å². The normalized spacial score (nSPS) is 10.0. The minimum atomic E-state index is -0.325. The summed E-state index contributed by atoms with van der Waals surface area (Å²) < 4.78 is 8.29. The number of carbonyl (C=O) groups excluding carboxylic acids is 1.